The Labute approximate surface area is 160 Å². The van der Waals surface area contributed by atoms with Crippen LogP contribution in [0.5, 0.6) is 0 Å². The number of thiazole rings is 1. The standard InChI is InChI=1S/C16H20BrN3O3S2/c1-16(2,11-4-6-12(17)7-5-11)13-10-24-15(19-13)20-14(21)18-8-9-25(3,22)23/h4-7,10H,8-9H2,1-3H3,(H2,18,19,20,21). The molecule has 0 spiro atoms. The summed E-state index contributed by atoms with van der Waals surface area (Å²) >= 11 is 4.76. The molecule has 25 heavy (non-hydrogen) atoms. The average molecular weight is 446 g/mol. The molecule has 0 radical (unpaired) electrons. The molecule has 0 fully saturated rings. The molecule has 2 aromatic rings. The molecular weight excluding hydrogens is 426 g/mol. The van der Waals surface area contributed by atoms with E-state index in [0.717, 1.165) is 22.0 Å². The van der Waals surface area contributed by atoms with Gasteiger partial charge in [0.2, 0.25) is 0 Å². The van der Waals surface area contributed by atoms with E-state index in [0.29, 0.717) is 5.13 Å². The van der Waals surface area contributed by atoms with Gasteiger partial charge in [0.1, 0.15) is 9.84 Å². The summed E-state index contributed by atoms with van der Waals surface area (Å²) in [5.74, 6) is -0.0971. The minimum atomic E-state index is -3.10. The summed E-state index contributed by atoms with van der Waals surface area (Å²) in [7, 11) is -3.10. The first kappa shape index (κ1) is 19.9. The second kappa shape index (κ2) is 7.84. The highest BCUT2D eigenvalue weighted by Gasteiger charge is 2.26. The monoisotopic (exact) mass is 445 g/mol. The highest BCUT2D eigenvalue weighted by Crippen LogP contribution is 2.33. The molecule has 2 amide bonds. The maximum absolute atomic E-state index is 11.8. The number of aromatic nitrogens is 1. The number of halogens is 1. The number of amides is 2. The van der Waals surface area contributed by atoms with Crippen LogP contribution >= 0.6 is 27.3 Å². The number of carbonyl (C=O) groups is 1. The van der Waals surface area contributed by atoms with E-state index in [9.17, 15) is 13.2 Å². The van der Waals surface area contributed by atoms with E-state index in [4.69, 9.17) is 0 Å². The van der Waals surface area contributed by atoms with Crippen molar-refractivity contribution in [2.75, 3.05) is 23.9 Å². The van der Waals surface area contributed by atoms with Gasteiger partial charge in [-0.2, -0.15) is 0 Å². The number of hydrogen-bond donors (Lipinski definition) is 2. The fraction of sp³-hybridized carbons (Fsp3) is 0.375. The van der Waals surface area contributed by atoms with Crippen LogP contribution in [0.25, 0.3) is 0 Å². The van der Waals surface area contributed by atoms with Crippen molar-refractivity contribution in [3.8, 4) is 0 Å². The summed E-state index contributed by atoms with van der Waals surface area (Å²) in [6.45, 7) is 4.20. The first-order valence-corrected chi connectivity index (χ1v) is 11.3. The van der Waals surface area contributed by atoms with Crippen molar-refractivity contribution in [1.29, 1.82) is 0 Å². The number of carbonyl (C=O) groups excluding carboxylic acids is 1. The topological polar surface area (TPSA) is 88.2 Å². The molecule has 0 aliphatic carbocycles. The van der Waals surface area contributed by atoms with Crippen LogP contribution in [0.1, 0.15) is 25.1 Å². The van der Waals surface area contributed by atoms with Crippen molar-refractivity contribution < 1.29 is 13.2 Å². The smallest absolute Gasteiger partial charge is 0.321 e. The highest BCUT2D eigenvalue weighted by molar-refractivity contribution is 9.10. The van der Waals surface area contributed by atoms with Gasteiger partial charge in [-0.3, -0.25) is 5.32 Å². The average Bonchev–Trinajstić information content (AvgIpc) is 2.95. The number of urea groups is 1. The summed E-state index contributed by atoms with van der Waals surface area (Å²) in [5, 5.41) is 7.52. The third-order valence-electron chi connectivity index (χ3n) is 3.69. The maximum Gasteiger partial charge on any atom is 0.321 e. The van der Waals surface area contributed by atoms with Crippen molar-refractivity contribution in [2.45, 2.75) is 19.3 Å². The van der Waals surface area contributed by atoms with Gasteiger partial charge >= 0.3 is 6.03 Å². The van der Waals surface area contributed by atoms with E-state index in [1.807, 2.05) is 29.6 Å². The van der Waals surface area contributed by atoms with E-state index in [2.05, 4.69) is 45.4 Å². The number of anilines is 1. The van der Waals surface area contributed by atoms with Crippen LogP contribution in [0.3, 0.4) is 0 Å². The van der Waals surface area contributed by atoms with Gasteiger partial charge in [-0.1, -0.05) is 41.9 Å². The largest absolute Gasteiger partial charge is 0.337 e. The quantitative estimate of drug-likeness (QED) is 0.712. The van der Waals surface area contributed by atoms with Crippen molar-refractivity contribution in [3.63, 3.8) is 0 Å². The predicted molar refractivity (Wildman–Crippen MR) is 105 cm³/mol. The van der Waals surface area contributed by atoms with Crippen molar-refractivity contribution in [2.24, 2.45) is 0 Å². The summed E-state index contributed by atoms with van der Waals surface area (Å²) < 4.78 is 23.1. The van der Waals surface area contributed by atoms with Crippen molar-refractivity contribution in [3.05, 3.63) is 45.4 Å². The number of nitrogens with one attached hydrogen (secondary N) is 2. The number of rotatable bonds is 6. The molecule has 0 unspecified atom stereocenters. The van der Waals surface area contributed by atoms with E-state index in [1.54, 1.807) is 0 Å². The Bertz CT molecular complexity index is 846. The third-order valence-corrected chi connectivity index (χ3v) is 5.92. The molecular formula is C16H20BrN3O3S2. The Morgan fingerprint density at radius 1 is 1.28 bits per heavy atom. The normalized spacial score (nSPS) is 12.0. The number of nitrogens with zero attached hydrogens (tertiary/aromatic N) is 1. The Kier molecular flexibility index (Phi) is 6.23. The third kappa shape index (κ3) is 5.79. The zero-order chi connectivity index (χ0) is 18.7. The van der Waals surface area contributed by atoms with Gasteiger partial charge < -0.3 is 5.32 Å². The first-order chi connectivity index (χ1) is 11.6. The minimum absolute atomic E-state index is 0.0628. The fourth-order valence-electron chi connectivity index (χ4n) is 2.12. The van der Waals surface area contributed by atoms with Crippen LogP contribution in [-0.2, 0) is 15.3 Å². The lowest BCUT2D eigenvalue weighted by Crippen LogP contribution is -2.32. The molecule has 0 aliphatic rings. The van der Waals surface area contributed by atoms with Crippen molar-refractivity contribution in [1.82, 2.24) is 10.3 Å². The second-order valence-electron chi connectivity index (χ2n) is 6.18. The summed E-state index contributed by atoms with van der Waals surface area (Å²) in [6, 6.07) is 7.57. The van der Waals surface area contributed by atoms with Crippen LogP contribution in [0.2, 0.25) is 0 Å². The molecule has 9 heteroatoms. The molecule has 0 aliphatic heterocycles. The molecule has 0 saturated carbocycles. The molecule has 1 aromatic carbocycles. The van der Waals surface area contributed by atoms with Crippen LogP contribution in [0.15, 0.2) is 34.1 Å². The Balaban J connectivity index is 2.01. The van der Waals surface area contributed by atoms with Gasteiger partial charge in [0, 0.05) is 28.1 Å². The molecule has 1 aromatic heterocycles. The fourth-order valence-corrected chi connectivity index (χ4v) is 3.73. The van der Waals surface area contributed by atoms with E-state index >= 15 is 0 Å². The molecule has 0 bridgehead atoms. The van der Waals surface area contributed by atoms with Gasteiger partial charge in [-0.15, -0.1) is 11.3 Å². The van der Waals surface area contributed by atoms with Crippen LogP contribution < -0.4 is 10.6 Å². The zero-order valence-corrected chi connectivity index (χ0v) is 17.4. The van der Waals surface area contributed by atoms with Crippen LogP contribution in [0.4, 0.5) is 9.93 Å². The van der Waals surface area contributed by atoms with Gasteiger partial charge in [0.25, 0.3) is 0 Å². The Hall–Kier alpha value is -1.45. The summed E-state index contributed by atoms with van der Waals surface area (Å²) in [6.07, 6.45) is 1.13. The van der Waals surface area contributed by atoms with Crippen LogP contribution in [0, 0.1) is 0 Å². The van der Waals surface area contributed by atoms with Crippen molar-refractivity contribution >= 4 is 48.3 Å². The van der Waals surface area contributed by atoms with E-state index in [-0.39, 0.29) is 17.7 Å². The van der Waals surface area contributed by atoms with E-state index < -0.39 is 15.9 Å². The van der Waals surface area contributed by atoms with Gasteiger partial charge in [-0.05, 0) is 17.7 Å². The Morgan fingerprint density at radius 3 is 2.52 bits per heavy atom. The molecule has 1 heterocycles. The number of benzene rings is 1. The minimum Gasteiger partial charge on any atom is -0.337 e. The maximum atomic E-state index is 11.8. The molecule has 6 nitrogen and oxygen atoms in total. The molecule has 2 N–H and O–H groups in total. The first-order valence-electron chi connectivity index (χ1n) is 7.52. The molecule has 0 saturated heterocycles. The lowest BCUT2D eigenvalue weighted by molar-refractivity contribution is 0.252. The predicted octanol–water partition coefficient (Wildman–Crippen LogP) is 3.40. The second-order valence-corrected chi connectivity index (χ2v) is 10.2. The summed E-state index contributed by atoms with van der Waals surface area (Å²) in [4.78, 5) is 16.3. The zero-order valence-electron chi connectivity index (χ0n) is 14.2. The molecule has 0 atom stereocenters. The SMILES string of the molecule is CC(C)(c1ccc(Br)cc1)c1csc(NC(=O)NCCS(C)(=O)=O)n1. The van der Waals surface area contributed by atoms with Crippen LogP contribution in [-0.4, -0.2) is 38.0 Å². The lowest BCUT2D eigenvalue weighted by Gasteiger charge is -2.23. The van der Waals surface area contributed by atoms with Gasteiger partial charge in [-0.25, -0.2) is 18.2 Å². The molecule has 2 rings (SSSR count). The van der Waals surface area contributed by atoms with E-state index in [1.165, 1.54) is 11.3 Å². The number of sulfone groups is 1. The van der Waals surface area contributed by atoms with Gasteiger partial charge in [0.15, 0.2) is 5.13 Å². The lowest BCUT2D eigenvalue weighted by atomic mass is 9.82. The Morgan fingerprint density at radius 2 is 1.92 bits per heavy atom. The molecule has 136 valence electrons. The van der Waals surface area contributed by atoms with Gasteiger partial charge in [0.05, 0.1) is 11.4 Å². The number of hydrogen-bond acceptors (Lipinski definition) is 5. The highest BCUT2D eigenvalue weighted by atomic mass is 79.9. The summed E-state index contributed by atoms with van der Waals surface area (Å²) in [5.41, 5.74) is 1.67.